The molecule has 2 rings (SSSR count). The van der Waals surface area contributed by atoms with Gasteiger partial charge in [-0.2, -0.15) is 0 Å². The summed E-state index contributed by atoms with van der Waals surface area (Å²) in [7, 11) is 0. The lowest BCUT2D eigenvalue weighted by Crippen LogP contribution is -1.87. The maximum atomic E-state index is 3.63. The first-order valence-corrected chi connectivity index (χ1v) is 9.07. The van der Waals surface area contributed by atoms with Crippen molar-refractivity contribution < 1.29 is 0 Å². The average molecular weight is 577 g/mol. The second kappa shape index (κ2) is 8.13. The summed E-state index contributed by atoms with van der Waals surface area (Å²) in [5.41, 5.74) is 2.27. The van der Waals surface area contributed by atoms with E-state index in [1.54, 1.807) is 0 Å². The Morgan fingerprint density at radius 2 is 0.947 bits per heavy atom. The highest BCUT2D eigenvalue weighted by molar-refractivity contribution is 9.15. The van der Waals surface area contributed by atoms with E-state index < -0.39 is 0 Å². The SMILES string of the molecule is Brc1c(Br)c(Br)c(-c2ccccc2)c(Br)c1Br.C=C. The third kappa shape index (κ3) is 3.82. The fraction of sp³-hybridized carbons (Fsp3) is 0. The molecule has 0 saturated carbocycles. The second-order valence-electron chi connectivity index (χ2n) is 3.31. The van der Waals surface area contributed by atoms with Crippen molar-refractivity contribution in [3.63, 3.8) is 0 Å². The molecule has 0 bridgehead atoms. The van der Waals surface area contributed by atoms with Crippen molar-refractivity contribution in [2.75, 3.05) is 0 Å². The maximum Gasteiger partial charge on any atom is 0.0482 e. The molecular formula is C14H9Br5. The van der Waals surface area contributed by atoms with Gasteiger partial charge in [-0.05, 0) is 85.2 Å². The first-order chi connectivity index (χ1) is 9.04. The van der Waals surface area contributed by atoms with Gasteiger partial charge in [0, 0.05) is 27.9 Å². The molecule has 100 valence electrons. The van der Waals surface area contributed by atoms with Crippen molar-refractivity contribution in [3.05, 3.63) is 65.9 Å². The van der Waals surface area contributed by atoms with Crippen molar-refractivity contribution in [2.45, 2.75) is 0 Å². The maximum absolute atomic E-state index is 3.63. The predicted molar refractivity (Wildman–Crippen MR) is 102 cm³/mol. The van der Waals surface area contributed by atoms with Crippen LogP contribution in [0.15, 0.2) is 65.9 Å². The molecule has 0 fully saturated rings. The van der Waals surface area contributed by atoms with E-state index in [-0.39, 0.29) is 0 Å². The van der Waals surface area contributed by atoms with Crippen molar-refractivity contribution >= 4 is 79.6 Å². The van der Waals surface area contributed by atoms with Gasteiger partial charge in [0.05, 0.1) is 0 Å². The highest BCUT2D eigenvalue weighted by Crippen LogP contribution is 2.48. The predicted octanol–water partition coefficient (Wildman–Crippen LogP) is 7.97. The molecule has 0 unspecified atom stereocenters. The largest absolute Gasteiger partial charge is 0.106 e. The van der Waals surface area contributed by atoms with Gasteiger partial charge in [-0.15, -0.1) is 13.2 Å². The summed E-state index contributed by atoms with van der Waals surface area (Å²) in [6.45, 7) is 6.00. The van der Waals surface area contributed by atoms with Gasteiger partial charge in [0.2, 0.25) is 0 Å². The normalized spacial score (nSPS) is 9.74. The lowest BCUT2D eigenvalue weighted by Gasteiger charge is -2.13. The standard InChI is InChI=1S/C12H5Br5.C2H4/c13-8-7(6-4-2-1-3-5-6)9(14)11(16)12(17)10(8)15;1-2/h1-5H;1-2H2. The first kappa shape index (κ1) is 17.6. The van der Waals surface area contributed by atoms with E-state index in [4.69, 9.17) is 0 Å². The van der Waals surface area contributed by atoms with Crippen LogP contribution in [-0.2, 0) is 0 Å². The molecule has 2 aromatic rings. The topological polar surface area (TPSA) is 0 Å². The first-order valence-electron chi connectivity index (χ1n) is 5.11. The number of hydrogen-bond acceptors (Lipinski definition) is 0. The van der Waals surface area contributed by atoms with Crippen molar-refractivity contribution in [1.82, 2.24) is 0 Å². The van der Waals surface area contributed by atoms with Crippen LogP contribution in [0.1, 0.15) is 0 Å². The zero-order valence-electron chi connectivity index (χ0n) is 9.69. The van der Waals surface area contributed by atoms with Crippen LogP contribution in [0.5, 0.6) is 0 Å². The third-order valence-corrected chi connectivity index (χ3v) is 8.37. The number of halogens is 5. The Hall–Kier alpha value is 0.580. The number of hydrogen-bond donors (Lipinski definition) is 0. The highest BCUT2D eigenvalue weighted by atomic mass is 79.9. The van der Waals surface area contributed by atoms with Gasteiger partial charge < -0.3 is 0 Å². The summed E-state index contributed by atoms with van der Waals surface area (Å²) in [5, 5.41) is 0. The van der Waals surface area contributed by atoms with Crippen LogP contribution in [0.2, 0.25) is 0 Å². The Labute approximate surface area is 155 Å². The van der Waals surface area contributed by atoms with E-state index in [2.05, 4.69) is 105 Å². The molecule has 0 saturated heterocycles. The lowest BCUT2D eigenvalue weighted by molar-refractivity contribution is 1.44. The van der Waals surface area contributed by atoms with Crippen LogP contribution >= 0.6 is 79.6 Å². The molecule has 0 aliphatic heterocycles. The molecule has 0 amide bonds. The molecule has 5 heteroatoms. The van der Waals surface area contributed by atoms with Crippen LogP contribution in [0.4, 0.5) is 0 Å². The van der Waals surface area contributed by atoms with Crippen molar-refractivity contribution in [2.24, 2.45) is 0 Å². The van der Waals surface area contributed by atoms with E-state index >= 15 is 0 Å². The molecule has 0 aromatic heterocycles. The fourth-order valence-electron chi connectivity index (χ4n) is 1.46. The summed E-state index contributed by atoms with van der Waals surface area (Å²) in [5.74, 6) is 0. The van der Waals surface area contributed by atoms with Crippen molar-refractivity contribution in [3.8, 4) is 11.1 Å². The Bertz CT molecular complexity index is 549. The molecule has 19 heavy (non-hydrogen) atoms. The minimum Gasteiger partial charge on any atom is -0.106 e. The molecule has 0 aliphatic carbocycles. The molecule has 0 spiro atoms. The number of rotatable bonds is 1. The molecule has 2 aromatic carbocycles. The Morgan fingerprint density at radius 3 is 1.37 bits per heavy atom. The van der Waals surface area contributed by atoms with Crippen LogP contribution in [0.3, 0.4) is 0 Å². The van der Waals surface area contributed by atoms with E-state index in [0.717, 1.165) is 33.5 Å². The monoisotopic (exact) mass is 572 g/mol. The molecule has 0 nitrogen and oxygen atoms in total. The highest BCUT2D eigenvalue weighted by Gasteiger charge is 2.18. The molecule has 0 atom stereocenters. The molecule has 0 radical (unpaired) electrons. The quantitative estimate of drug-likeness (QED) is 0.184. The number of benzene rings is 2. The third-order valence-electron chi connectivity index (χ3n) is 2.27. The van der Waals surface area contributed by atoms with Gasteiger partial charge in [-0.1, -0.05) is 30.3 Å². The Kier molecular flexibility index (Phi) is 7.54. The van der Waals surface area contributed by atoms with Gasteiger partial charge in [-0.3, -0.25) is 0 Å². The zero-order chi connectivity index (χ0) is 14.6. The minimum absolute atomic E-state index is 0.982. The van der Waals surface area contributed by atoms with Gasteiger partial charge in [0.25, 0.3) is 0 Å². The second-order valence-corrected chi connectivity index (χ2v) is 7.28. The van der Waals surface area contributed by atoms with Crippen LogP contribution < -0.4 is 0 Å². The Balaban J connectivity index is 0.000000861. The van der Waals surface area contributed by atoms with E-state index in [9.17, 15) is 0 Å². The zero-order valence-corrected chi connectivity index (χ0v) is 17.6. The van der Waals surface area contributed by atoms with Gasteiger partial charge >= 0.3 is 0 Å². The summed E-state index contributed by atoms with van der Waals surface area (Å²) in [6.07, 6.45) is 0. The fourth-order valence-corrected chi connectivity index (χ4v) is 4.97. The summed E-state index contributed by atoms with van der Waals surface area (Å²) >= 11 is 17.9. The van der Waals surface area contributed by atoms with Crippen LogP contribution in [-0.4, -0.2) is 0 Å². The van der Waals surface area contributed by atoms with E-state index in [1.165, 1.54) is 0 Å². The van der Waals surface area contributed by atoms with Gasteiger partial charge in [0.15, 0.2) is 0 Å². The summed E-state index contributed by atoms with van der Waals surface area (Å²) in [6, 6.07) is 10.2. The summed E-state index contributed by atoms with van der Waals surface area (Å²) in [4.78, 5) is 0. The van der Waals surface area contributed by atoms with Crippen LogP contribution in [0.25, 0.3) is 11.1 Å². The summed E-state index contributed by atoms with van der Waals surface area (Å²) < 4.78 is 5.00. The lowest BCUT2D eigenvalue weighted by atomic mass is 10.1. The molecule has 0 aliphatic rings. The van der Waals surface area contributed by atoms with Gasteiger partial charge in [-0.25, -0.2) is 0 Å². The molecule has 0 heterocycles. The van der Waals surface area contributed by atoms with E-state index in [1.807, 2.05) is 18.2 Å². The molecule has 0 N–H and O–H groups in total. The Morgan fingerprint density at radius 1 is 0.579 bits per heavy atom. The van der Waals surface area contributed by atoms with Gasteiger partial charge in [0.1, 0.15) is 0 Å². The van der Waals surface area contributed by atoms with Crippen LogP contribution in [0, 0.1) is 0 Å². The van der Waals surface area contributed by atoms with Crippen molar-refractivity contribution in [1.29, 1.82) is 0 Å². The smallest absolute Gasteiger partial charge is 0.0482 e. The average Bonchev–Trinajstić information content (AvgIpc) is 2.46. The van der Waals surface area contributed by atoms with E-state index in [0.29, 0.717) is 0 Å². The minimum atomic E-state index is 0.982. The molecular weight excluding hydrogens is 568 g/mol.